The van der Waals surface area contributed by atoms with Crippen LogP contribution < -0.4 is 10.4 Å². The van der Waals surface area contributed by atoms with Gasteiger partial charge in [0.15, 0.2) is 0 Å². The molecule has 1 spiro atoms. The molecule has 3 saturated heterocycles. The average Bonchev–Trinajstić information content (AvgIpc) is 2.71. The maximum atomic E-state index is 12.1. The number of aromatic nitrogens is 2. The van der Waals surface area contributed by atoms with Gasteiger partial charge in [-0.25, -0.2) is 14.8 Å². The number of carbonyl (C=O) groups is 1. The summed E-state index contributed by atoms with van der Waals surface area (Å²) in [5.41, 5.74) is -0.264. The number of hydrogen-bond donors (Lipinski definition) is 0. The first kappa shape index (κ1) is 20.4. The van der Waals surface area contributed by atoms with Crippen molar-refractivity contribution in [1.82, 2.24) is 14.9 Å². The third kappa shape index (κ3) is 3.70. The molecule has 4 rings (SSSR count). The van der Waals surface area contributed by atoms with Gasteiger partial charge in [0.2, 0.25) is 5.95 Å². The van der Waals surface area contributed by atoms with Gasteiger partial charge in [0.1, 0.15) is 5.60 Å². The Balaban J connectivity index is 1.30. The molecule has 4 heterocycles. The van der Waals surface area contributed by atoms with Crippen molar-refractivity contribution in [2.75, 3.05) is 31.1 Å². The molecule has 1 amide bonds. The fourth-order valence-electron chi connectivity index (χ4n) is 3.92. The van der Waals surface area contributed by atoms with Crippen molar-refractivity contribution in [1.29, 1.82) is 0 Å². The molecule has 0 bridgehead atoms. The molecule has 1 aromatic rings. The molecule has 3 aliphatic heterocycles. The van der Waals surface area contributed by atoms with E-state index in [0.717, 1.165) is 31.6 Å². The third-order valence-corrected chi connectivity index (χ3v) is 6.22. The lowest BCUT2D eigenvalue weighted by atomic mass is 9.73. The van der Waals surface area contributed by atoms with Gasteiger partial charge in [-0.2, -0.15) is 0 Å². The maximum absolute atomic E-state index is 12.1. The van der Waals surface area contributed by atoms with Crippen molar-refractivity contribution in [2.45, 2.75) is 65.3 Å². The van der Waals surface area contributed by atoms with Crippen LogP contribution in [0.1, 0.15) is 48.5 Å². The highest BCUT2D eigenvalue weighted by Crippen LogP contribution is 2.41. The molecule has 158 valence electrons. The summed E-state index contributed by atoms with van der Waals surface area (Å²) in [5, 5.41) is 0. The Bertz CT molecular complexity index is 776. The van der Waals surface area contributed by atoms with Gasteiger partial charge in [-0.3, -0.25) is 0 Å². The summed E-state index contributed by atoms with van der Waals surface area (Å²) < 4.78 is 17.5. The highest BCUT2D eigenvalue weighted by molar-refractivity contribution is 6.61. The van der Waals surface area contributed by atoms with E-state index in [9.17, 15) is 4.79 Å². The van der Waals surface area contributed by atoms with Crippen molar-refractivity contribution < 1.29 is 18.8 Å². The summed E-state index contributed by atoms with van der Waals surface area (Å²) in [6.45, 7) is 16.9. The molecule has 0 unspecified atom stereocenters. The van der Waals surface area contributed by atoms with E-state index in [1.54, 1.807) is 17.3 Å². The second-order valence-corrected chi connectivity index (χ2v) is 10.6. The Morgan fingerprint density at radius 3 is 2.03 bits per heavy atom. The lowest BCUT2D eigenvalue weighted by Gasteiger charge is -2.59. The van der Waals surface area contributed by atoms with E-state index in [2.05, 4.69) is 14.9 Å². The van der Waals surface area contributed by atoms with E-state index in [0.29, 0.717) is 5.95 Å². The highest BCUT2D eigenvalue weighted by Gasteiger charge is 2.55. The first-order chi connectivity index (χ1) is 13.3. The number of ether oxygens (including phenoxy) is 1. The summed E-state index contributed by atoms with van der Waals surface area (Å²) in [6.07, 6.45) is 3.33. The van der Waals surface area contributed by atoms with Gasteiger partial charge in [-0.1, -0.05) is 0 Å². The normalized spacial score (nSPS) is 24.3. The Morgan fingerprint density at radius 2 is 1.55 bits per heavy atom. The minimum absolute atomic E-state index is 0.144. The van der Waals surface area contributed by atoms with E-state index >= 15 is 0 Å². The molecule has 0 atom stereocenters. The average molecular weight is 402 g/mol. The van der Waals surface area contributed by atoms with Crippen molar-refractivity contribution in [3.05, 3.63) is 12.4 Å². The summed E-state index contributed by atoms with van der Waals surface area (Å²) >= 11 is 0. The van der Waals surface area contributed by atoms with Crippen LogP contribution in [0.4, 0.5) is 10.7 Å². The zero-order valence-electron chi connectivity index (χ0n) is 18.5. The van der Waals surface area contributed by atoms with E-state index < -0.39 is 12.7 Å². The molecule has 0 aliphatic carbocycles. The number of rotatable bonds is 2. The van der Waals surface area contributed by atoms with E-state index in [4.69, 9.17) is 14.0 Å². The van der Waals surface area contributed by atoms with Crippen LogP contribution in [0.15, 0.2) is 12.4 Å². The van der Waals surface area contributed by atoms with Crippen LogP contribution in [0.5, 0.6) is 0 Å². The van der Waals surface area contributed by atoms with Crippen LogP contribution in [0.25, 0.3) is 0 Å². The zero-order valence-corrected chi connectivity index (χ0v) is 18.5. The second-order valence-electron chi connectivity index (χ2n) is 10.6. The highest BCUT2D eigenvalue weighted by atomic mass is 16.7. The molecule has 0 aromatic carbocycles. The molecule has 1 aromatic heterocycles. The molecule has 9 heteroatoms. The van der Waals surface area contributed by atoms with Gasteiger partial charge in [0.05, 0.1) is 11.2 Å². The third-order valence-electron chi connectivity index (χ3n) is 6.22. The predicted molar refractivity (Wildman–Crippen MR) is 110 cm³/mol. The van der Waals surface area contributed by atoms with Crippen molar-refractivity contribution in [2.24, 2.45) is 5.41 Å². The largest absolute Gasteiger partial charge is 0.498 e. The lowest BCUT2D eigenvalue weighted by molar-refractivity contribution is -0.0456. The quantitative estimate of drug-likeness (QED) is 0.699. The zero-order chi connectivity index (χ0) is 21.2. The Labute approximate surface area is 173 Å². The SMILES string of the molecule is CC(C)(C)OC(=O)N1CC2(C1)CN(c1ncc(B3OC(C)(C)C(C)(C)O3)cn1)C2. The number of anilines is 1. The molecule has 0 radical (unpaired) electrons. The molecule has 0 N–H and O–H groups in total. The summed E-state index contributed by atoms with van der Waals surface area (Å²) in [5.74, 6) is 0.701. The molecular weight excluding hydrogens is 371 g/mol. The topological polar surface area (TPSA) is 77.0 Å². The number of hydrogen-bond acceptors (Lipinski definition) is 7. The van der Waals surface area contributed by atoms with E-state index in [1.807, 2.05) is 48.5 Å². The molecular formula is C20H31BN4O4. The molecule has 8 nitrogen and oxygen atoms in total. The standard InChI is InChI=1S/C20H31BN4O4/c1-17(2,3)27-16(26)25-12-20(13-25)10-24(11-20)15-22-8-14(9-23-15)21-28-18(4,5)19(6,7)29-21/h8-9H,10-13H2,1-7H3. The van der Waals surface area contributed by atoms with Gasteiger partial charge >= 0.3 is 13.2 Å². The molecule has 3 aliphatic rings. The van der Waals surface area contributed by atoms with Crippen LogP contribution in [-0.4, -0.2) is 71.1 Å². The fraction of sp³-hybridized carbons (Fsp3) is 0.750. The summed E-state index contributed by atoms with van der Waals surface area (Å²) in [7, 11) is -0.453. The van der Waals surface area contributed by atoms with Crippen LogP contribution >= 0.6 is 0 Å². The maximum Gasteiger partial charge on any atom is 0.498 e. The van der Waals surface area contributed by atoms with Crippen LogP contribution in [0.2, 0.25) is 0 Å². The van der Waals surface area contributed by atoms with Gasteiger partial charge in [-0.05, 0) is 48.5 Å². The van der Waals surface area contributed by atoms with Crippen LogP contribution in [0, 0.1) is 5.41 Å². The van der Waals surface area contributed by atoms with Crippen molar-refractivity contribution in [3.8, 4) is 0 Å². The predicted octanol–water partition coefficient (Wildman–Crippen LogP) is 1.83. The van der Waals surface area contributed by atoms with Gasteiger partial charge in [0, 0.05) is 49.5 Å². The van der Waals surface area contributed by atoms with Gasteiger partial charge < -0.3 is 23.8 Å². The van der Waals surface area contributed by atoms with Crippen molar-refractivity contribution >= 4 is 24.6 Å². The summed E-state index contributed by atoms with van der Waals surface area (Å²) in [4.78, 5) is 25.1. The molecule has 29 heavy (non-hydrogen) atoms. The minimum Gasteiger partial charge on any atom is -0.444 e. The van der Waals surface area contributed by atoms with E-state index in [-0.39, 0.29) is 22.7 Å². The Morgan fingerprint density at radius 1 is 1.03 bits per heavy atom. The second kappa shape index (κ2) is 6.31. The lowest BCUT2D eigenvalue weighted by Crippen LogP contribution is -2.73. The van der Waals surface area contributed by atoms with Crippen LogP contribution in [0.3, 0.4) is 0 Å². The Kier molecular flexibility index (Phi) is 4.44. The van der Waals surface area contributed by atoms with E-state index in [1.165, 1.54) is 0 Å². The first-order valence-corrected chi connectivity index (χ1v) is 10.2. The van der Waals surface area contributed by atoms with Crippen molar-refractivity contribution in [3.63, 3.8) is 0 Å². The Hall–Kier alpha value is -1.87. The number of nitrogens with zero attached hydrogens (tertiary/aromatic N) is 4. The van der Waals surface area contributed by atoms with Gasteiger partial charge in [-0.15, -0.1) is 0 Å². The smallest absolute Gasteiger partial charge is 0.444 e. The van der Waals surface area contributed by atoms with Gasteiger partial charge in [0.25, 0.3) is 0 Å². The minimum atomic E-state index is -0.460. The van der Waals surface area contributed by atoms with Crippen LogP contribution in [-0.2, 0) is 14.0 Å². The number of carbonyl (C=O) groups excluding carboxylic acids is 1. The molecule has 3 fully saturated rings. The fourth-order valence-corrected chi connectivity index (χ4v) is 3.92. The molecule has 0 saturated carbocycles. The number of likely N-dealkylation sites (tertiary alicyclic amines) is 1. The number of amides is 1. The first-order valence-electron chi connectivity index (χ1n) is 10.2. The monoisotopic (exact) mass is 402 g/mol. The summed E-state index contributed by atoms with van der Waals surface area (Å²) in [6, 6.07) is 0.